The van der Waals surface area contributed by atoms with Crippen LogP contribution in [-0.2, 0) is 14.3 Å². The number of ether oxygens (including phenoxy) is 1. The summed E-state index contributed by atoms with van der Waals surface area (Å²) in [6.07, 6.45) is 2.62. The van der Waals surface area contributed by atoms with Crippen molar-refractivity contribution >= 4 is 46.4 Å². The van der Waals surface area contributed by atoms with Crippen molar-refractivity contribution in [3.63, 3.8) is 0 Å². The number of aliphatic hydroxyl groups excluding tert-OH is 1. The minimum absolute atomic E-state index is 0.0727. The van der Waals surface area contributed by atoms with Crippen LogP contribution in [0.25, 0.3) is 6.08 Å². The van der Waals surface area contributed by atoms with Crippen LogP contribution in [0.5, 0.6) is 0 Å². The van der Waals surface area contributed by atoms with Gasteiger partial charge in [0, 0.05) is 11.4 Å². The number of rotatable bonds is 5. The lowest BCUT2D eigenvalue weighted by atomic mass is 10.1. The van der Waals surface area contributed by atoms with E-state index in [2.05, 4.69) is 4.99 Å². The molecule has 1 amide bonds. The zero-order valence-electron chi connectivity index (χ0n) is 13.9. The number of hydrogen-bond acceptors (Lipinski definition) is 5. The van der Waals surface area contributed by atoms with Crippen LogP contribution in [0.1, 0.15) is 32.3 Å². The molecule has 1 N–H and O–H groups in total. The van der Waals surface area contributed by atoms with E-state index in [1.54, 1.807) is 37.3 Å². The molecular formula is C18H18ClNO4S. The molecule has 0 aromatic heterocycles. The van der Waals surface area contributed by atoms with Crippen LogP contribution in [0.3, 0.4) is 0 Å². The predicted molar refractivity (Wildman–Crippen MR) is 101 cm³/mol. The van der Waals surface area contributed by atoms with Crippen molar-refractivity contribution < 1.29 is 19.4 Å². The van der Waals surface area contributed by atoms with Gasteiger partial charge in [-0.3, -0.25) is 4.79 Å². The molecule has 0 atom stereocenters. The van der Waals surface area contributed by atoms with Crippen molar-refractivity contribution in [2.45, 2.75) is 26.7 Å². The molecule has 0 saturated carbocycles. The normalized spacial score (nSPS) is 17.4. The molecule has 2 rings (SSSR count). The molecule has 25 heavy (non-hydrogen) atoms. The fourth-order valence-corrected chi connectivity index (χ4v) is 3.24. The maximum absolute atomic E-state index is 12.2. The molecule has 0 spiro atoms. The Balaban J connectivity index is 2.42. The van der Waals surface area contributed by atoms with Crippen molar-refractivity contribution in [3.8, 4) is 0 Å². The van der Waals surface area contributed by atoms with Gasteiger partial charge in [-0.2, -0.15) is 0 Å². The van der Waals surface area contributed by atoms with Gasteiger partial charge in [0.25, 0.3) is 0 Å². The van der Waals surface area contributed by atoms with Crippen LogP contribution in [0.15, 0.2) is 45.5 Å². The molecule has 1 aromatic carbocycles. The number of amides is 1. The lowest BCUT2D eigenvalue weighted by Crippen LogP contribution is -2.14. The van der Waals surface area contributed by atoms with Gasteiger partial charge in [0.05, 0.1) is 11.5 Å². The number of halogens is 1. The summed E-state index contributed by atoms with van der Waals surface area (Å²) in [5.74, 6) is -1.27. The third-order valence-electron chi connectivity index (χ3n) is 3.23. The number of aliphatic imine (C=N–C) groups is 1. The number of benzene rings is 1. The first-order valence-electron chi connectivity index (χ1n) is 7.84. The number of hydrogen-bond donors (Lipinski definition) is 1. The van der Waals surface area contributed by atoms with E-state index in [-0.39, 0.29) is 35.3 Å². The summed E-state index contributed by atoms with van der Waals surface area (Å²) in [5.41, 5.74) is 0.722. The van der Waals surface area contributed by atoms with Gasteiger partial charge in [-0.05, 0) is 37.1 Å². The third kappa shape index (κ3) is 4.96. The molecule has 1 aliphatic heterocycles. The number of aliphatic hydroxyl groups is 1. The predicted octanol–water partition coefficient (Wildman–Crippen LogP) is 4.53. The molecule has 0 radical (unpaired) electrons. The third-order valence-corrected chi connectivity index (χ3v) is 4.50. The van der Waals surface area contributed by atoms with E-state index < -0.39 is 5.97 Å². The number of thioether (sulfide) groups is 1. The van der Waals surface area contributed by atoms with Crippen LogP contribution >= 0.6 is 23.4 Å². The number of carbonyl (C=O) groups excluding carboxylic acids is 2. The molecule has 0 fully saturated rings. The van der Waals surface area contributed by atoms with Gasteiger partial charge in [0.2, 0.25) is 5.91 Å². The number of esters is 1. The van der Waals surface area contributed by atoms with Crippen LogP contribution in [0, 0.1) is 0 Å². The smallest absolute Gasteiger partial charge is 0.344 e. The molecule has 0 unspecified atom stereocenters. The molecule has 1 heterocycles. The van der Waals surface area contributed by atoms with E-state index in [1.807, 2.05) is 6.92 Å². The Morgan fingerprint density at radius 3 is 2.56 bits per heavy atom. The average Bonchev–Trinajstić information content (AvgIpc) is 2.85. The molecule has 132 valence electrons. The highest BCUT2D eigenvalue weighted by molar-refractivity contribution is 8.18. The highest BCUT2D eigenvalue weighted by Gasteiger charge is 2.33. The van der Waals surface area contributed by atoms with Gasteiger partial charge < -0.3 is 9.84 Å². The van der Waals surface area contributed by atoms with E-state index in [0.29, 0.717) is 16.3 Å². The first kappa shape index (κ1) is 19.3. The molecule has 0 bridgehead atoms. The molecule has 1 aliphatic rings. The van der Waals surface area contributed by atoms with E-state index in [0.717, 1.165) is 17.3 Å². The van der Waals surface area contributed by atoms with Crippen molar-refractivity contribution in [2.75, 3.05) is 6.61 Å². The minimum Gasteiger partial charge on any atom is -0.506 e. The van der Waals surface area contributed by atoms with Crippen molar-refractivity contribution in [1.82, 2.24) is 0 Å². The number of nitrogens with zero attached hydrogens (tertiary/aromatic N) is 1. The number of carbonyl (C=O) groups is 2. The quantitative estimate of drug-likeness (QED) is 0.760. The fraction of sp³-hybridized carbons (Fsp3) is 0.278. The standard InChI is InChI=1S/C18H18ClNO4S/c1-3-5-14(21)20-17-15(18(23)24-4-2)16(22)13(25-17)10-11-6-8-12(19)9-7-11/h6-10,22H,3-5H2,1-2H3/b13-10-,20-17?. The fourth-order valence-electron chi connectivity index (χ4n) is 2.09. The Kier molecular flexibility index (Phi) is 6.84. The van der Waals surface area contributed by atoms with Crippen molar-refractivity contribution in [1.29, 1.82) is 0 Å². The van der Waals surface area contributed by atoms with Gasteiger partial charge in [-0.1, -0.05) is 42.4 Å². The Bertz CT molecular complexity index is 766. The molecule has 1 aromatic rings. The van der Waals surface area contributed by atoms with E-state index in [4.69, 9.17) is 16.3 Å². The van der Waals surface area contributed by atoms with Gasteiger partial charge >= 0.3 is 5.97 Å². The SMILES string of the molecule is CCCC(=O)N=C1S/C(=C\c2ccc(Cl)cc2)C(O)=C1C(=O)OCC. The lowest BCUT2D eigenvalue weighted by Gasteiger charge is -2.03. The Morgan fingerprint density at radius 1 is 1.28 bits per heavy atom. The summed E-state index contributed by atoms with van der Waals surface area (Å²) in [5, 5.41) is 11.2. The molecule has 7 heteroatoms. The van der Waals surface area contributed by atoms with Gasteiger partial charge in [-0.25, -0.2) is 9.79 Å². The second-order valence-corrected chi connectivity index (χ2v) is 6.63. The van der Waals surface area contributed by atoms with E-state index >= 15 is 0 Å². The summed E-state index contributed by atoms with van der Waals surface area (Å²) in [6.45, 7) is 3.69. The maximum atomic E-state index is 12.2. The average molecular weight is 380 g/mol. The summed E-state index contributed by atoms with van der Waals surface area (Å²) < 4.78 is 4.98. The first-order valence-corrected chi connectivity index (χ1v) is 9.03. The van der Waals surface area contributed by atoms with Crippen molar-refractivity contribution in [3.05, 3.63) is 51.1 Å². The highest BCUT2D eigenvalue weighted by Crippen LogP contribution is 2.39. The van der Waals surface area contributed by atoms with Crippen LogP contribution in [0.4, 0.5) is 0 Å². The minimum atomic E-state index is -0.699. The summed E-state index contributed by atoms with van der Waals surface area (Å²) in [4.78, 5) is 28.4. The Hall–Kier alpha value is -2.05. The first-order chi connectivity index (χ1) is 12.0. The van der Waals surface area contributed by atoms with Gasteiger partial charge in [0.15, 0.2) is 0 Å². The zero-order chi connectivity index (χ0) is 18.4. The summed E-state index contributed by atoms with van der Waals surface area (Å²) in [7, 11) is 0. The van der Waals surface area contributed by atoms with Crippen LogP contribution < -0.4 is 0 Å². The molecule has 0 saturated heterocycles. The summed E-state index contributed by atoms with van der Waals surface area (Å²) >= 11 is 6.93. The largest absolute Gasteiger partial charge is 0.506 e. The Labute approximate surface area is 155 Å². The summed E-state index contributed by atoms with van der Waals surface area (Å²) in [6, 6.07) is 7.01. The highest BCUT2D eigenvalue weighted by atomic mass is 35.5. The molecule has 0 aliphatic carbocycles. The van der Waals surface area contributed by atoms with E-state index in [9.17, 15) is 14.7 Å². The second-order valence-electron chi connectivity index (χ2n) is 5.17. The second kappa shape index (κ2) is 8.87. The van der Waals surface area contributed by atoms with Gasteiger partial charge in [0.1, 0.15) is 16.4 Å². The maximum Gasteiger partial charge on any atom is 0.344 e. The van der Waals surface area contributed by atoms with Crippen LogP contribution in [-0.4, -0.2) is 28.6 Å². The van der Waals surface area contributed by atoms with Crippen molar-refractivity contribution in [2.24, 2.45) is 4.99 Å². The zero-order valence-corrected chi connectivity index (χ0v) is 15.5. The van der Waals surface area contributed by atoms with Gasteiger partial charge in [-0.15, -0.1) is 0 Å². The Morgan fingerprint density at radius 2 is 1.96 bits per heavy atom. The molecular weight excluding hydrogens is 362 g/mol. The van der Waals surface area contributed by atoms with Crippen LogP contribution in [0.2, 0.25) is 5.02 Å². The van der Waals surface area contributed by atoms with E-state index in [1.165, 1.54) is 0 Å². The lowest BCUT2D eigenvalue weighted by molar-refractivity contribution is -0.138. The topological polar surface area (TPSA) is 76.0 Å². The molecule has 5 nitrogen and oxygen atoms in total. The monoisotopic (exact) mass is 379 g/mol.